The maximum Gasteiger partial charge on any atom is 0.490 e. The van der Waals surface area contributed by atoms with Gasteiger partial charge < -0.3 is 5.11 Å². The number of rotatable bonds is 1. The summed E-state index contributed by atoms with van der Waals surface area (Å²) in [6.07, 6.45) is -2.24. The van der Waals surface area contributed by atoms with Gasteiger partial charge in [-0.2, -0.15) is 13.2 Å². The van der Waals surface area contributed by atoms with Crippen molar-refractivity contribution in [3.05, 3.63) is 30.1 Å². The van der Waals surface area contributed by atoms with Crippen molar-refractivity contribution in [2.24, 2.45) is 0 Å². The molecule has 0 radical (unpaired) electrons. The Bertz CT molecular complexity index is 298. The van der Waals surface area contributed by atoms with Gasteiger partial charge in [0, 0.05) is 11.9 Å². The van der Waals surface area contributed by atoms with Crippen LogP contribution in [0.25, 0.3) is 0 Å². The maximum atomic E-state index is 10.6. The Labute approximate surface area is 84.6 Å². The highest BCUT2D eigenvalue weighted by Crippen LogP contribution is 2.13. The molecule has 1 N–H and O–H groups in total. The van der Waals surface area contributed by atoms with E-state index in [1.807, 2.05) is 24.4 Å². The van der Waals surface area contributed by atoms with Crippen molar-refractivity contribution in [2.45, 2.75) is 19.5 Å². The number of aryl methyl sites for hydroxylation is 1. The highest BCUT2D eigenvalue weighted by atomic mass is 19.4. The van der Waals surface area contributed by atoms with Gasteiger partial charge in [0.05, 0.1) is 0 Å². The van der Waals surface area contributed by atoms with Crippen molar-refractivity contribution in [3.63, 3.8) is 0 Å². The Morgan fingerprint density at radius 1 is 1.47 bits per heavy atom. The van der Waals surface area contributed by atoms with Crippen LogP contribution in [0.5, 0.6) is 0 Å². The molecule has 0 aliphatic heterocycles. The third-order valence-electron chi connectivity index (χ3n) is 1.33. The zero-order valence-electron chi connectivity index (χ0n) is 7.95. The van der Waals surface area contributed by atoms with Gasteiger partial charge in [-0.05, 0) is 18.6 Å². The van der Waals surface area contributed by atoms with Gasteiger partial charge in [0.15, 0.2) is 0 Å². The van der Waals surface area contributed by atoms with E-state index < -0.39 is 12.1 Å². The van der Waals surface area contributed by atoms with Gasteiger partial charge in [0.2, 0.25) is 0 Å². The first-order chi connectivity index (χ1) is 6.88. The molecular weight excluding hydrogens is 211 g/mol. The number of hydrogen-bond acceptors (Lipinski definition) is 2. The second kappa shape index (κ2) is 6.00. The van der Waals surface area contributed by atoms with Crippen molar-refractivity contribution in [1.82, 2.24) is 4.98 Å². The Hall–Kier alpha value is -1.59. The van der Waals surface area contributed by atoms with E-state index in [0.29, 0.717) is 0 Å². The van der Waals surface area contributed by atoms with Gasteiger partial charge >= 0.3 is 12.1 Å². The maximum absolute atomic E-state index is 10.6. The van der Waals surface area contributed by atoms with Crippen molar-refractivity contribution >= 4 is 5.97 Å². The number of halogens is 3. The Morgan fingerprint density at radius 2 is 2.00 bits per heavy atom. The van der Waals surface area contributed by atoms with Crippen LogP contribution >= 0.6 is 0 Å². The molecule has 0 unspecified atom stereocenters. The average molecular weight is 221 g/mol. The van der Waals surface area contributed by atoms with Gasteiger partial charge in [-0.1, -0.05) is 13.0 Å². The lowest BCUT2D eigenvalue weighted by atomic mass is 10.3. The minimum absolute atomic E-state index is 1.03. The number of carbonyl (C=O) groups is 1. The van der Waals surface area contributed by atoms with Crippen molar-refractivity contribution in [3.8, 4) is 0 Å². The molecule has 0 saturated carbocycles. The summed E-state index contributed by atoms with van der Waals surface area (Å²) >= 11 is 0. The molecule has 0 amide bonds. The van der Waals surface area contributed by atoms with Crippen LogP contribution in [0.1, 0.15) is 12.6 Å². The molecule has 1 rings (SSSR count). The molecule has 1 heterocycles. The smallest absolute Gasteiger partial charge is 0.475 e. The second-order valence-electron chi connectivity index (χ2n) is 2.48. The Kier molecular flexibility index (Phi) is 5.36. The topological polar surface area (TPSA) is 50.2 Å². The first-order valence-electron chi connectivity index (χ1n) is 4.08. The molecular formula is C9H10F3NO2. The van der Waals surface area contributed by atoms with Crippen molar-refractivity contribution in [2.75, 3.05) is 0 Å². The summed E-state index contributed by atoms with van der Waals surface area (Å²) in [4.78, 5) is 13.0. The van der Waals surface area contributed by atoms with E-state index in [2.05, 4.69) is 11.9 Å². The summed E-state index contributed by atoms with van der Waals surface area (Å²) in [5.41, 5.74) is 1.16. The van der Waals surface area contributed by atoms with E-state index in [4.69, 9.17) is 9.90 Å². The highest BCUT2D eigenvalue weighted by Gasteiger charge is 2.38. The van der Waals surface area contributed by atoms with Crippen molar-refractivity contribution in [1.29, 1.82) is 0 Å². The lowest BCUT2D eigenvalue weighted by molar-refractivity contribution is -0.192. The van der Waals surface area contributed by atoms with E-state index in [0.717, 1.165) is 12.1 Å². The number of nitrogens with zero attached hydrogens (tertiary/aromatic N) is 1. The minimum Gasteiger partial charge on any atom is -0.475 e. The Morgan fingerprint density at radius 3 is 2.20 bits per heavy atom. The van der Waals surface area contributed by atoms with Crippen LogP contribution in [0.2, 0.25) is 0 Å². The molecule has 1 aromatic heterocycles. The molecule has 84 valence electrons. The van der Waals surface area contributed by atoms with Crippen LogP contribution in [0.3, 0.4) is 0 Å². The quantitative estimate of drug-likeness (QED) is 0.791. The van der Waals surface area contributed by atoms with Crippen molar-refractivity contribution < 1.29 is 23.1 Å². The lowest BCUT2D eigenvalue weighted by Crippen LogP contribution is -2.21. The first-order valence-corrected chi connectivity index (χ1v) is 4.08. The largest absolute Gasteiger partial charge is 0.490 e. The summed E-state index contributed by atoms with van der Waals surface area (Å²) in [6.45, 7) is 2.10. The first kappa shape index (κ1) is 13.4. The van der Waals surface area contributed by atoms with Gasteiger partial charge in [0.1, 0.15) is 0 Å². The number of aromatic nitrogens is 1. The van der Waals surface area contributed by atoms with Gasteiger partial charge in [-0.15, -0.1) is 0 Å². The van der Waals surface area contributed by atoms with Gasteiger partial charge in [-0.3, -0.25) is 4.98 Å². The molecule has 1 aromatic rings. The summed E-state index contributed by atoms with van der Waals surface area (Å²) in [6, 6.07) is 5.96. The average Bonchev–Trinajstić information content (AvgIpc) is 2.18. The summed E-state index contributed by atoms with van der Waals surface area (Å²) < 4.78 is 31.7. The number of pyridine rings is 1. The predicted molar refractivity (Wildman–Crippen MR) is 47.3 cm³/mol. The van der Waals surface area contributed by atoms with E-state index in [9.17, 15) is 13.2 Å². The molecule has 0 atom stereocenters. The molecule has 3 nitrogen and oxygen atoms in total. The normalized spacial score (nSPS) is 10.1. The fourth-order valence-corrected chi connectivity index (χ4v) is 0.607. The summed E-state index contributed by atoms with van der Waals surface area (Å²) in [7, 11) is 0. The zero-order valence-corrected chi connectivity index (χ0v) is 7.95. The third-order valence-corrected chi connectivity index (χ3v) is 1.33. The molecule has 15 heavy (non-hydrogen) atoms. The molecule has 0 aliphatic rings. The van der Waals surface area contributed by atoms with Crippen LogP contribution in [-0.2, 0) is 11.2 Å². The summed E-state index contributed by atoms with van der Waals surface area (Å²) in [5, 5.41) is 7.12. The number of carboxylic acids is 1. The monoisotopic (exact) mass is 221 g/mol. The lowest BCUT2D eigenvalue weighted by Gasteiger charge is -1.93. The van der Waals surface area contributed by atoms with Crippen LogP contribution < -0.4 is 0 Å². The van der Waals surface area contributed by atoms with E-state index >= 15 is 0 Å². The zero-order chi connectivity index (χ0) is 11.9. The molecule has 6 heteroatoms. The van der Waals surface area contributed by atoms with Crippen LogP contribution in [0, 0.1) is 0 Å². The minimum atomic E-state index is -5.08. The SMILES string of the molecule is CCc1ccccn1.O=C(O)C(F)(F)F. The molecule has 0 fully saturated rings. The van der Waals surface area contributed by atoms with Crippen LogP contribution in [-0.4, -0.2) is 22.2 Å². The summed E-state index contributed by atoms with van der Waals surface area (Å²) in [5.74, 6) is -2.76. The second-order valence-corrected chi connectivity index (χ2v) is 2.48. The van der Waals surface area contributed by atoms with E-state index in [1.165, 1.54) is 0 Å². The van der Waals surface area contributed by atoms with Gasteiger partial charge in [0.25, 0.3) is 0 Å². The van der Waals surface area contributed by atoms with Gasteiger partial charge in [-0.25, -0.2) is 4.79 Å². The molecule has 0 aliphatic carbocycles. The predicted octanol–water partition coefficient (Wildman–Crippen LogP) is 2.28. The number of aliphatic carboxylic acids is 1. The fourth-order valence-electron chi connectivity index (χ4n) is 0.607. The fraction of sp³-hybridized carbons (Fsp3) is 0.333. The standard InChI is InChI=1S/C7H9N.C2HF3O2/c1-2-7-5-3-4-6-8-7;3-2(4,5)1(6)7/h3-6H,2H2,1H3;(H,6,7). The molecule has 0 spiro atoms. The number of hydrogen-bond donors (Lipinski definition) is 1. The number of alkyl halides is 3. The highest BCUT2D eigenvalue weighted by molar-refractivity contribution is 5.73. The van der Waals surface area contributed by atoms with Crippen LogP contribution in [0.15, 0.2) is 24.4 Å². The van der Waals surface area contributed by atoms with Crippen LogP contribution in [0.4, 0.5) is 13.2 Å². The molecule has 0 aromatic carbocycles. The third kappa shape index (κ3) is 6.48. The van der Waals surface area contributed by atoms with E-state index in [-0.39, 0.29) is 0 Å². The Balaban J connectivity index is 0.000000265. The molecule has 0 bridgehead atoms. The molecule has 0 saturated heterocycles. The number of carboxylic acid groups (broad SMARTS) is 1. The van der Waals surface area contributed by atoms with E-state index in [1.54, 1.807) is 0 Å².